The molecule has 0 aliphatic carbocycles. The summed E-state index contributed by atoms with van der Waals surface area (Å²) in [4.78, 5) is 13.2. The minimum Gasteiger partial charge on any atom is -0.333 e. The highest BCUT2D eigenvalue weighted by Gasteiger charge is 2.18. The number of terminal acetylenes is 1. The van der Waals surface area contributed by atoms with Crippen molar-refractivity contribution in [3.8, 4) is 12.3 Å². The molecule has 1 amide bonds. The van der Waals surface area contributed by atoms with E-state index in [1.54, 1.807) is 7.05 Å². The van der Waals surface area contributed by atoms with Crippen molar-refractivity contribution in [2.45, 2.75) is 6.04 Å². The van der Waals surface area contributed by atoms with Crippen LogP contribution in [0.3, 0.4) is 0 Å². The molecule has 1 unspecified atom stereocenters. The summed E-state index contributed by atoms with van der Waals surface area (Å²) in [5, 5.41) is 0. The minimum atomic E-state index is -0.635. The molecule has 0 aliphatic heterocycles. The maximum absolute atomic E-state index is 11.7. The second-order valence-corrected chi connectivity index (χ2v) is 3.29. The molecule has 0 aromatic heterocycles. The number of hydrogen-bond donors (Lipinski definition) is 1. The van der Waals surface area contributed by atoms with Crippen molar-refractivity contribution in [2.24, 2.45) is 5.73 Å². The van der Waals surface area contributed by atoms with Crippen molar-refractivity contribution in [3.05, 3.63) is 35.9 Å². The number of amides is 1. The smallest absolute Gasteiger partial charge is 0.244 e. The Hall–Kier alpha value is -1.79. The number of rotatable bonds is 3. The van der Waals surface area contributed by atoms with Gasteiger partial charge in [0, 0.05) is 7.05 Å². The van der Waals surface area contributed by atoms with Crippen molar-refractivity contribution in [1.82, 2.24) is 4.90 Å². The summed E-state index contributed by atoms with van der Waals surface area (Å²) in [5.41, 5.74) is 6.61. The van der Waals surface area contributed by atoms with Crippen molar-refractivity contribution in [1.29, 1.82) is 0 Å². The van der Waals surface area contributed by atoms with Crippen molar-refractivity contribution >= 4 is 5.91 Å². The van der Waals surface area contributed by atoms with Crippen LogP contribution in [0.2, 0.25) is 0 Å². The summed E-state index contributed by atoms with van der Waals surface area (Å²) >= 11 is 0. The van der Waals surface area contributed by atoms with E-state index in [-0.39, 0.29) is 12.5 Å². The van der Waals surface area contributed by atoms with Crippen LogP contribution < -0.4 is 5.73 Å². The first kappa shape index (κ1) is 11.3. The van der Waals surface area contributed by atoms with Gasteiger partial charge in [-0.2, -0.15) is 0 Å². The van der Waals surface area contributed by atoms with Crippen LogP contribution in [0.1, 0.15) is 11.6 Å². The molecule has 0 saturated heterocycles. The van der Waals surface area contributed by atoms with Gasteiger partial charge < -0.3 is 10.6 Å². The Morgan fingerprint density at radius 3 is 2.67 bits per heavy atom. The highest BCUT2D eigenvalue weighted by molar-refractivity contribution is 5.83. The Morgan fingerprint density at radius 2 is 2.13 bits per heavy atom. The lowest BCUT2D eigenvalue weighted by Gasteiger charge is -2.19. The predicted octanol–water partition coefficient (Wildman–Crippen LogP) is 0.778. The third kappa shape index (κ3) is 2.83. The fourth-order valence-corrected chi connectivity index (χ4v) is 1.26. The molecule has 0 radical (unpaired) electrons. The van der Waals surface area contributed by atoms with E-state index in [2.05, 4.69) is 5.92 Å². The van der Waals surface area contributed by atoms with Crippen molar-refractivity contribution in [2.75, 3.05) is 13.6 Å². The average Bonchev–Trinajstić information content (AvgIpc) is 2.28. The molecule has 0 heterocycles. The van der Waals surface area contributed by atoms with Crippen LogP contribution in [0.4, 0.5) is 0 Å². The highest BCUT2D eigenvalue weighted by atomic mass is 16.2. The normalized spacial score (nSPS) is 11.5. The van der Waals surface area contributed by atoms with E-state index in [4.69, 9.17) is 12.2 Å². The van der Waals surface area contributed by atoms with Crippen LogP contribution in [0.15, 0.2) is 30.3 Å². The van der Waals surface area contributed by atoms with Crippen molar-refractivity contribution in [3.63, 3.8) is 0 Å². The SMILES string of the molecule is C#CCN(C)C(=O)C(N)c1ccccc1. The zero-order chi connectivity index (χ0) is 11.3. The number of likely N-dealkylation sites (N-methyl/N-ethyl adjacent to an activating group) is 1. The fourth-order valence-electron chi connectivity index (χ4n) is 1.26. The Bertz CT molecular complexity index is 367. The molecule has 0 spiro atoms. The lowest BCUT2D eigenvalue weighted by atomic mass is 10.1. The molecule has 15 heavy (non-hydrogen) atoms. The summed E-state index contributed by atoms with van der Waals surface area (Å²) in [6.45, 7) is 0.277. The minimum absolute atomic E-state index is 0.167. The molecule has 0 saturated carbocycles. The first-order valence-corrected chi connectivity index (χ1v) is 4.65. The standard InChI is InChI=1S/C12H14N2O/c1-3-9-14(2)12(15)11(13)10-7-5-4-6-8-10/h1,4-8,11H,9,13H2,2H3. The van der Waals surface area contributed by atoms with Gasteiger partial charge in [0.2, 0.25) is 5.91 Å². The fraction of sp³-hybridized carbons (Fsp3) is 0.250. The summed E-state index contributed by atoms with van der Waals surface area (Å²) in [5.74, 6) is 2.24. The van der Waals surface area contributed by atoms with E-state index in [0.717, 1.165) is 5.56 Å². The van der Waals surface area contributed by atoms with Gasteiger partial charge in [0.25, 0.3) is 0 Å². The molecule has 3 heteroatoms. The Morgan fingerprint density at radius 1 is 1.53 bits per heavy atom. The summed E-state index contributed by atoms with van der Waals surface area (Å²) in [6, 6.07) is 8.60. The van der Waals surface area contributed by atoms with Crippen LogP contribution in [0.25, 0.3) is 0 Å². The number of nitrogens with zero attached hydrogens (tertiary/aromatic N) is 1. The lowest BCUT2D eigenvalue weighted by Crippen LogP contribution is -2.36. The van der Waals surface area contributed by atoms with Crippen LogP contribution in [0.5, 0.6) is 0 Å². The second-order valence-electron chi connectivity index (χ2n) is 3.29. The molecule has 0 bridgehead atoms. The molecule has 78 valence electrons. The second kappa shape index (κ2) is 5.18. The van der Waals surface area contributed by atoms with E-state index < -0.39 is 6.04 Å². The molecule has 1 rings (SSSR count). The lowest BCUT2D eigenvalue weighted by molar-refractivity contribution is -0.130. The Labute approximate surface area is 89.9 Å². The molecule has 1 atom stereocenters. The highest BCUT2D eigenvalue weighted by Crippen LogP contribution is 2.11. The van der Waals surface area contributed by atoms with Gasteiger partial charge in [-0.05, 0) is 5.56 Å². The van der Waals surface area contributed by atoms with Gasteiger partial charge in [-0.25, -0.2) is 0 Å². The molecular formula is C12H14N2O. The van der Waals surface area contributed by atoms with E-state index in [0.29, 0.717) is 0 Å². The van der Waals surface area contributed by atoms with E-state index >= 15 is 0 Å². The van der Waals surface area contributed by atoms with Gasteiger partial charge in [-0.3, -0.25) is 4.79 Å². The first-order valence-electron chi connectivity index (χ1n) is 4.65. The van der Waals surface area contributed by atoms with Crippen LogP contribution in [-0.2, 0) is 4.79 Å². The zero-order valence-electron chi connectivity index (χ0n) is 8.68. The number of nitrogens with two attached hydrogens (primary N) is 1. The topological polar surface area (TPSA) is 46.3 Å². The summed E-state index contributed by atoms with van der Waals surface area (Å²) in [7, 11) is 1.64. The molecule has 1 aromatic carbocycles. The van der Waals surface area contributed by atoms with E-state index in [9.17, 15) is 4.79 Å². The van der Waals surface area contributed by atoms with E-state index in [1.807, 2.05) is 30.3 Å². The van der Waals surface area contributed by atoms with Crippen LogP contribution in [-0.4, -0.2) is 24.4 Å². The molecule has 2 N–H and O–H groups in total. The molecule has 0 aliphatic rings. The molecule has 3 nitrogen and oxygen atoms in total. The van der Waals surface area contributed by atoms with Gasteiger partial charge >= 0.3 is 0 Å². The monoisotopic (exact) mass is 202 g/mol. The molecular weight excluding hydrogens is 188 g/mol. The number of benzene rings is 1. The summed E-state index contributed by atoms with van der Waals surface area (Å²) < 4.78 is 0. The van der Waals surface area contributed by atoms with Gasteiger partial charge in [0.15, 0.2) is 0 Å². The van der Waals surface area contributed by atoms with E-state index in [1.165, 1.54) is 4.90 Å². The Kier molecular flexibility index (Phi) is 3.90. The van der Waals surface area contributed by atoms with Gasteiger partial charge in [-0.1, -0.05) is 36.3 Å². The molecule has 0 fully saturated rings. The van der Waals surface area contributed by atoms with Crippen LogP contribution in [0, 0.1) is 12.3 Å². The maximum atomic E-state index is 11.7. The first-order chi connectivity index (χ1) is 7.16. The maximum Gasteiger partial charge on any atom is 0.244 e. The third-order valence-corrected chi connectivity index (χ3v) is 2.13. The number of carbonyl (C=O) groups is 1. The number of carbonyl (C=O) groups excluding carboxylic acids is 1. The third-order valence-electron chi connectivity index (χ3n) is 2.13. The van der Waals surface area contributed by atoms with Crippen molar-refractivity contribution < 1.29 is 4.79 Å². The quantitative estimate of drug-likeness (QED) is 0.736. The largest absolute Gasteiger partial charge is 0.333 e. The average molecular weight is 202 g/mol. The number of hydrogen-bond acceptors (Lipinski definition) is 2. The summed E-state index contributed by atoms with van der Waals surface area (Å²) in [6.07, 6.45) is 5.12. The zero-order valence-corrected chi connectivity index (χ0v) is 8.68. The van der Waals surface area contributed by atoms with Gasteiger partial charge in [-0.15, -0.1) is 6.42 Å². The van der Waals surface area contributed by atoms with Gasteiger partial charge in [0.1, 0.15) is 6.04 Å². The van der Waals surface area contributed by atoms with Gasteiger partial charge in [0.05, 0.1) is 6.54 Å². The Balaban J connectivity index is 2.74. The van der Waals surface area contributed by atoms with Crippen LogP contribution >= 0.6 is 0 Å². The predicted molar refractivity (Wildman–Crippen MR) is 59.8 cm³/mol. The molecule has 1 aromatic rings.